The first-order valence-corrected chi connectivity index (χ1v) is 11.1. The van der Waals surface area contributed by atoms with Gasteiger partial charge in [0, 0.05) is 16.9 Å². The molecule has 0 saturated heterocycles. The molecule has 31 heavy (non-hydrogen) atoms. The molecule has 160 valence electrons. The van der Waals surface area contributed by atoms with E-state index in [1.807, 2.05) is 44.2 Å². The van der Waals surface area contributed by atoms with E-state index in [1.54, 1.807) is 31.4 Å². The Hall–Kier alpha value is -3.12. The highest BCUT2D eigenvalue weighted by atomic mass is 32.2. The molecule has 0 saturated carbocycles. The lowest BCUT2D eigenvalue weighted by Gasteiger charge is -2.13. The van der Waals surface area contributed by atoms with Gasteiger partial charge in [0.05, 0.1) is 18.4 Å². The van der Waals surface area contributed by atoms with Crippen molar-refractivity contribution in [3.05, 3.63) is 82.5 Å². The van der Waals surface area contributed by atoms with E-state index in [0.29, 0.717) is 21.9 Å². The van der Waals surface area contributed by atoms with Gasteiger partial charge in [-0.1, -0.05) is 30.8 Å². The molecule has 1 N–H and O–H groups in total. The van der Waals surface area contributed by atoms with Crippen molar-refractivity contribution in [2.24, 2.45) is 0 Å². The predicted molar refractivity (Wildman–Crippen MR) is 126 cm³/mol. The van der Waals surface area contributed by atoms with Gasteiger partial charge in [-0.3, -0.25) is 9.59 Å². The Morgan fingerprint density at radius 2 is 1.71 bits per heavy atom. The number of methoxy groups -OCH3 is 1. The predicted octanol–water partition coefficient (Wildman–Crippen LogP) is 5.50. The third-order valence-corrected chi connectivity index (χ3v) is 5.89. The highest BCUT2D eigenvalue weighted by Crippen LogP contribution is 2.26. The molecule has 1 amide bonds. The number of ether oxygens (including phenoxy) is 1. The number of amides is 1. The topological polar surface area (TPSA) is 68.3 Å². The summed E-state index contributed by atoms with van der Waals surface area (Å²) in [4.78, 5) is 30.2. The summed E-state index contributed by atoms with van der Waals surface area (Å²) in [5, 5.41) is 3.51. The van der Waals surface area contributed by atoms with E-state index in [-0.39, 0.29) is 17.4 Å². The van der Waals surface area contributed by atoms with E-state index in [2.05, 4.69) is 17.2 Å². The Morgan fingerprint density at radius 3 is 2.32 bits per heavy atom. The number of thioether (sulfide) groups is 1. The first kappa shape index (κ1) is 22.6. The van der Waals surface area contributed by atoms with Crippen LogP contribution < -0.4 is 10.1 Å². The maximum absolute atomic E-state index is 13.0. The molecule has 3 rings (SSSR count). The first-order valence-electron chi connectivity index (χ1n) is 10.1. The molecule has 0 atom stereocenters. The minimum absolute atomic E-state index is 0.0323. The summed E-state index contributed by atoms with van der Waals surface area (Å²) in [5.41, 5.74) is 4.67. The SMILES string of the molecule is CCc1ccc(NC(=O)c2c(C)cc(C)nc2SCC(=O)c2ccc(OC)cc2)cc1. The molecule has 5 nitrogen and oxygen atoms in total. The van der Waals surface area contributed by atoms with Crippen LogP contribution in [0.25, 0.3) is 0 Å². The fourth-order valence-corrected chi connectivity index (χ4v) is 4.24. The zero-order valence-electron chi connectivity index (χ0n) is 18.2. The van der Waals surface area contributed by atoms with Gasteiger partial charge >= 0.3 is 0 Å². The van der Waals surface area contributed by atoms with Crippen molar-refractivity contribution in [3.63, 3.8) is 0 Å². The van der Waals surface area contributed by atoms with Crippen LogP contribution in [0.4, 0.5) is 5.69 Å². The normalized spacial score (nSPS) is 10.6. The van der Waals surface area contributed by atoms with Crippen molar-refractivity contribution in [2.75, 3.05) is 18.2 Å². The molecule has 1 aromatic heterocycles. The molecule has 0 fully saturated rings. The van der Waals surface area contributed by atoms with Crippen LogP contribution >= 0.6 is 11.8 Å². The van der Waals surface area contributed by atoms with Crippen molar-refractivity contribution in [1.82, 2.24) is 4.98 Å². The maximum Gasteiger partial charge on any atom is 0.258 e. The van der Waals surface area contributed by atoms with Crippen LogP contribution in [0.1, 0.15) is 44.5 Å². The molecular formula is C25H26N2O3S. The second kappa shape index (κ2) is 10.3. The van der Waals surface area contributed by atoms with Gasteiger partial charge in [-0.15, -0.1) is 0 Å². The largest absolute Gasteiger partial charge is 0.497 e. The number of anilines is 1. The zero-order chi connectivity index (χ0) is 22.4. The molecule has 0 aliphatic carbocycles. The number of hydrogen-bond donors (Lipinski definition) is 1. The number of nitrogens with zero attached hydrogens (tertiary/aromatic N) is 1. The van der Waals surface area contributed by atoms with Gasteiger partial charge in [0.15, 0.2) is 5.78 Å². The number of aromatic nitrogens is 1. The fraction of sp³-hybridized carbons (Fsp3) is 0.240. The van der Waals surface area contributed by atoms with Crippen LogP contribution in [0, 0.1) is 13.8 Å². The number of carbonyl (C=O) groups is 2. The average Bonchev–Trinajstić information content (AvgIpc) is 2.77. The van der Waals surface area contributed by atoms with Gasteiger partial charge in [-0.2, -0.15) is 0 Å². The van der Waals surface area contributed by atoms with Crippen molar-refractivity contribution in [1.29, 1.82) is 0 Å². The number of rotatable bonds is 8. The number of nitrogens with one attached hydrogen (secondary N) is 1. The quantitative estimate of drug-likeness (QED) is 0.375. The van der Waals surface area contributed by atoms with E-state index in [1.165, 1.54) is 17.3 Å². The number of carbonyl (C=O) groups excluding carboxylic acids is 2. The number of aryl methyl sites for hydroxylation is 3. The summed E-state index contributed by atoms with van der Waals surface area (Å²) in [5.74, 6) is 0.628. The highest BCUT2D eigenvalue weighted by molar-refractivity contribution is 8.00. The lowest BCUT2D eigenvalue weighted by molar-refractivity contribution is 0.101. The third kappa shape index (κ3) is 5.73. The second-order valence-corrected chi connectivity index (χ2v) is 8.17. The average molecular weight is 435 g/mol. The first-order chi connectivity index (χ1) is 14.9. The van der Waals surface area contributed by atoms with E-state index in [4.69, 9.17) is 4.74 Å². The summed E-state index contributed by atoms with van der Waals surface area (Å²) in [6.07, 6.45) is 0.943. The molecule has 3 aromatic rings. The molecule has 0 unspecified atom stereocenters. The molecule has 2 aromatic carbocycles. The molecule has 1 heterocycles. The molecule has 0 bridgehead atoms. The van der Waals surface area contributed by atoms with E-state index < -0.39 is 0 Å². The summed E-state index contributed by atoms with van der Waals surface area (Å²) in [6.45, 7) is 5.86. The van der Waals surface area contributed by atoms with Gasteiger partial charge in [0.25, 0.3) is 5.91 Å². The Kier molecular flexibility index (Phi) is 7.47. The van der Waals surface area contributed by atoms with E-state index in [9.17, 15) is 9.59 Å². The zero-order valence-corrected chi connectivity index (χ0v) is 19.0. The van der Waals surface area contributed by atoms with Gasteiger partial charge in [0.2, 0.25) is 0 Å². The molecule has 6 heteroatoms. The van der Waals surface area contributed by atoms with E-state index in [0.717, 1.165) is 23.4 Å². The molecule has 0 radical (unpaired) electrons. The van der Waals surface area contributed by atoms with Crippen LogP contribution in [0.3, 0.4) is 0 Å². The Balaban J connectivity index is 1.78. The summed E-state index contributed by atoms with van der Waals surface area (Å²) in [7, 11) is 1.59. The summed E-state index contributed by atoms with van der Waals surface area (Å²) >= 11 is 1.28. The fourth-order valence-electron chi connectivity index (χ4n) is 3.19. The standard InChI is InChI=1S/C25H26N2O3S/c1-5-18-6-10-20(11-7-18)27-24(29)23-16(2)14-17(3)26-25(23)31-15-22(28)19-8-12-21(30-4)13-9-19/h6-14H,5,15H2,1-4H3,(H,27,29). The van der Waals surface area contributed by atoms with Crippen LogP contribution in [0.2, 0.25) is 0 Å². The number of hydrogen-bond acceptors (Lipinski definition) is 5. The van der Waals surface area contributed by atoms with Crippen LogP contribution in [0.15, 0.2) is 59.6 Å². The lowest BCUT2D eigenvalue weighted by atomic mass is 10.1. The van der Waals surface area contributed by atoms with Gasteiger partial charge in [-0.25, -0.2) is 4.98 Å². The van der Waals surface area contributed by atoms with Crippen molar-refractivity contribution < 1.29 is 14.3 Å². The van der Waals surface area contributed by atoms with Crippen LogP contribution in [-0.2, 0) is 6.42 Å². The lowest BCUT2D eigenvalue weighted by Crippen LogP contribution is -2.16. The second-order valence-electron chi connectivity index (χ2n) is 7.21. The molecule has 0 spiro atoms. The Morgan fingerprint density at radius 1 is 1.03 bits per heavy atom. The Labute approximate surface area is 187 Å². The minimum atomic E-state index is -0.228. The third-order valence-electron chi connectivity index (χ3n) is 4.91. The highest BCUT2D eigenvalue weighted by Gasteiger charge is 2.19. The maximum atomic E-state index is 13.0. The summed E-state index contributed by atoms with van der Waals surface area (Å²) in [6, 6.07) is 16.7. The minimum Gasteiger partial charge on any atom is -0.497 e. The van der Waals surface area contributed by atoms with Crippen LogP contribution in [-0.4, -0.2) is 29.5 Å². The van der Waals surface area contributed by atoms with Crippen molar-refractivity contribution in [3.8, 4) is 5.75 Å². The van der Waals surface area contributed by atoms with Crippen molar-refractivity contribution in [2.45, 2.75) is 32.2 Å². The molecule has 0 aliphatic rings. The molecule has 0 aliphatic heterocycles. The van der Waals surface area contributed by atoms with Crippen molar-refractivity contribution >= 4 is 29.1 Å². The van der Waals surface area contributed by atoms with Gasteiger partial charge in [0.1, 0.15) is 10.8 Å². The number of benzene rings is 2. The van der Waals surface area contributed by atoms with Crippen LogP contribution in [0.5, 0.6) is 5.75 Å². The summed E-state index contributed by atoms with van der Waals surface area (Å²) < 4.78 is 5.14. The van der Waals surface area contributed by atoms with Gasteiger partial charge < -0.3 is 10.1 Å². The number of pyridine rings is 1. The smallest absolute Gasteiger partial charge is 0.258 e. The van der Waals surface area contributed by atoms with E-state index >= 15 is 0 Å². The monoisotopic (exact) mass is 434 g/mol. The van der Waals surface area contributed by atoms with Gasteiger partial charge in [-0.05, 0) is 73.9 Å². The molecular weight excluding hydrogens is 408 g/mol. The number of ketones is 1. The number of Topliss-reactive ketones (excluding diaryl/α,β-unsaturated/α-hetero) is 1. The Bertz CT molecular complexity index is 1080.